The van der Waals surface area contributed by atoms with Crippen LogP contribution in [0.25, 0.3) is 0 Å². The number of carbonyl (C=O) groups excluding carboxylic acids is 2. The Morgan fingerprint density at radius 2 is 1.53 bits per heavy atom. The smallest absolute Gasteiger partial charge is 0.244 e. The molecule has 9 heteroatoms. The molecule has 0 radical (unpaired) electrons. The number of para-hydroxylation sites is 1. The summed E-state index contributed by atoms with van der Waals surface area (Å²) in [5, 5.41) is 3.02. The molecule has 7 nitrogen and oxygen atoms in total. The molecule has 38 heavy (non-hydrogen) atoms. The van der Waals surface area contributed by atoms with E-state index < -0.39 is 28.5 Å². The fourth-order valence-corrected chi connectivity index (χ4v) is 5.33. The highest BCUT2D eigenvalue weighted by atomic mass is 79.9. The summed E-state index contributed by atoms with van der Waals surface area (Å²) in [6.07, 6.45) is 2.09. The Balaban J connectivity index is 2.04. The molecule has 3 aromatic carbocycles. The highest BCUT2D eigenvalue weighted by molar-refractivity contribution is 9.10. The summed E-state index contributed by atoms with van der Waals surface area (Å²) in [7, 11) is -3.78. The van der Waals surface area contributed by atoms with Crippen molar-refractivity contribution in [2.24, 2.45) is 0 Å². The van der Waals surface area contributed by atoms with Gasteiger partial charge < -0.3 is 10.2 Å². The largest absolute Gasteiger partial charge is 0.352 e. The van der Waals surface area contributed by atoms with Crippen molar-refractivity contribution in [3.8, 4) is 0 Å². The molecule has 0 unspecified atom stereocenters. The Morgan fingerprint density at radius 1 is 0.921 bits per heavy atom. The van der Waals surface area contributed by atoms with Gasteiger partial charge in [0, 0.05) is 23.5 Å². The summed E-state index contributed by atoms with van der Waals surface area (Å²) in [4.78, 5) is 29.1. The SMILES string of the molecule is CC[C@H](C)NC(=O)[C@H](Cc1ccccc1)N(Cc1cccc(Br)c1)C(=O)CN(c1ccccc1)S(C)(=O)=O. The molecule has 0 aliphatic rings. The maximum Gasteiger partial charge on any atom is 0.244 e. The Labute approximate surface area is 234 Å². The number of anilines is 1. The van der Waals surface area contributed by atoms with Gasteiger partial charge in [0.2, 0.25) is 21.8 Å². The maximum atomic E-state index is 14.0. The van der Waals surface area contributed by atoms with Crippen molar-refractivity contribution < 1.29 is 18.0 Å². The van der Waals surface area contributed by atoms with Crippen LogP contribution in [0.5, 0.6) is 0 Å². The third kappa shape index (κ3) is 8.43. The van der Waals surface area contributed by atoms with Gasteiger partial charge in [0.15, 0.2) is 0 Å². The summed E-state index contributed by atoms with van der Waals surface area (Å²) < 4.78 is 27.4. The predicted octanol–water partition coefficient (Wildman–Crippen LogP) is 4.77. The van der Waals surface area contributed by atoms with E-state index in [4.69, 9.17) is 0 Å². The summed E-state index contributed by atoms with van der Waals surface area (Å²) in [6, 6.07) is 24.6. The second-order valence-corrected chi connectivity index (χ2v) is 12.1. The molecular weight excluding hydrogens is 566 g/mol. The molecule has 1 N–H and O–H groups in total. The quantitative estimate of drug-likeness (QED) is 0.325. The van der Waals surface area contributed by atoms with Gasteiger partial charge in [-0.25, -0.2) is 8.42 Å². The topological polar surface area (TPSA) is 86.8 Å². The number of hydrogen-bond donors (Lipinski definition) is 1. The maximum absolute atomic E-state index is 14.0. The summed E-state index contributed by atoms with van der Waals surface area (Å²) >= 11 is 3.48. The highest BCUT2D eigenvalue weighted by Crippen LogP contribution is 2.21. The summed E-state index contributed by atoms with van der Waals surface area (Å²) in [5.74, 6) is -0.753. The van der Waals surface area contributed by atoms with E-state index in [2.05, 4.69) is 21.2 Å². The molecular formula is C29H34BrN3O4S. The molecule has 202 valence electrons. The minimum absolute atomic E-state index is 0.0829. The van der Waals surface area contributed by atoms with Crippen molar-refractivity contribution in [1.82, 2.24) is 10.2 Å². The van der Waals surface area contributed by atoms with Gasteiger partial charge in [-0.05, 0) is 48.7 Å². The zero-order valence-electron chi connectivity index (χ0n) is 21.9. The van der Waals surface area contributed by atoms with Gasteiger partial charge in [-0.1, -0.05) is 83.5 Å². The number of hydrogen-bond acceptors (Lipinski definition) is 4. The molecule has 0 heterocycles. The van der Waals surface area contributed by atoms with Gasteiger partial charge >= 0.3 is 0 Å². The van der Waals surface area contributed by atoms with Gasteiger partial charge in [0.25, 0.3) is 0 Å². The molecule has 3 rings (SSSR count). The van der Waals surface area contributed by atoms with E-state index in [0.29, 0.717) is 5.69 Å². The lowest BCUT2D eigenvalue weighted by Crippen LogP contribution is -2.54. The first-order valence-corrected chi connectivity index (χ1v) is 15.1. The van der Waals surface area contributed by atoms with Crippen LogP contribution in [0.4, 0.5) is 5.69 Å². The number of halogens is 1. The van der Waals surface area contributed by atoms with Crippen molar-refractivity contribution >= 4 is 43.5 Å². The number of amides is 2. The van der Waals surface area contributed by atoms with Crippen LogP contribution in [0.3, 0.4) is 0 Å². The Morgan fingerprint density at radius 3 is 2.11 bits per heavy atom. The van der Waals surface area contributed by atoms with Crippen molar-refractivity contribution in [3.63, 3.8) is 0 Å². The second-order valence-electron chi connectivity index (χ2n) is 9.28. The average Bonchev–Trinajstić information content (AvgIpc) is 2.89. The van der Waals surface area contributed by atoms with Gasteiger partial charge in [-0.15, -0.1) is 0 Å². The van der Waals surface area contributed by atoms with Crippen molar-refractivity contribution in [2.45, 2.75) is 45.3 Å². The average molecular weight is 601 g/mol. The summed E-state index contributed by atoms with van der Waals surface area (Å²) in [6.45, 7) is 3.60. The van der Waals surface area contributed by atoms with Crippen LogP contribution in [0, 0.1) is 0 Å². The van der Waals surface area contributed by atoms with E-state index in [9.17, 15) is 18.0 Å². The lowest BCUT2D eigenvalue weighted by Gasteiger charge is -2.34. The third-order valence-corrected chi connectivity index (χ3v) is 7.87. The molecule has 0 spiro atoms. The van der Waals surface area contributed by atoms with E-state index in [-0.39, 0.29) is 24.9 Å². The first-order chi connectivity index (χ1) is 18.1. The molecule has 0 fully saturated rings. The molecule has 0 aromatic heterocycles. The highest BCUT2D eigenvalue weighted by Gasteiger charge is 2.33. The fraction of sp³-hybridized carbons (Fsp3) is 0.310. The van der Waals surface area contributed by atoms with Gasteiger partial charge in [0.05, 0.1) is 11.9 Å². The number of rotatable bonds is 12. The van der Waals surface area contributed by atoms with Crippen LogP contribution in [0.1, 0.15) is 31.4 Å². The van der Waals surface area contributed by atoms with Crippen molar-refractivity contribution in [1.29, 1.82) is 0 Å². The van der Waals surface area contributed by atoms with Crippen LogP contribution in [-0.4, -0.2) is 50.0 Å². The molecule has 0 aliphatic heterocycles. The van der Waals surface area contributed by atoms with Gasteiger partial charge in [-0.3, -0.25) is 13.9 Å². The van der Waals surface area contributed by atoms with Gasteiger partial charge in [0.1, 0.15) is 12.6 Å². The third-order valence-electron chi connectivity index (χ3n) is 6.24. The Bertz CT molecular complexity index is 1320. The van der Waals surface area contributed by atoms with Crippen LogP contribution in [0.15, 0.2) is 89.4 Å². The lowest BCUT2D eigenvalue weighted by molar-refractivity contribution is -0.140. The molecule has 2 atom stereocenters. The molecule has 0 aliphatic carbocycles. The zero-order chi connectivity index (χ0) is 27.7. The number of nitrogens with one attached hydrogen (secondary N) is 1. The monoisotopic (exact) mass is 599 g/mol. The van der Waals surface area contributed by atoms with E-state index >= 15 is 0 Å². The number of benzene rings is 3. The van der Waals surface area contributed by atoms with E-state index in [1.54, 1.807) is 30.3 Å². The summed E-state index contributed by atoms with van der Waals surface area (Å²) in [5.41, 5.74) is 2.09. The van der Waals surface area contributed by atoms with E-state index in [1.807, 2.05) is 68.4 Å². The minimum Gasteiger partial charge on any atom is -0.352 e. The van der Waals surface area contributed by atoms with Crippen LogP contribution < -0.4 is 9.62 Å². The standard InChI is InChI=1S/C29H34BrN3O4S/c1-4-22(2)31-29(35)27(19-23-12-7-5-8-13-23)32(20-24-14-11-15-25(30)18-24)28(34)21-33(38(3,36)37)26-16-9-6-10-17-26/h5-18,22,27H,4,19-21H2,1-3H3,(H,31,35)/t22-,27-/m0/s1. The van der Waals surface area contributed by atoms with Crippen molar-refractivity contribution in [2.75, 3.05) is 17.1 Å². The van der Waals surface area contributed by atoms with E-state index in [0.717, 1.165) is 32.6 Å². The first-order valence-electron chi connectivity index (χ1n) is 12.5. The van der Waals surface area contributed by atoms with Gasteiger partial charge in [-0.2, -0.15) is 0 Å². The molecule has 0 bridgehead atoms. The Hall–Kier alpha value is -3.17. The molecule has 2 amide bonds. The van der Waals surface area contributed by atoms with Crippen molar-refractivity contribution in [3.05, 3.63) is 101 Å². The zero-order valence-corrected chi connectivity index (χ0v) is 24.3. The number of carbonyl (C=O) groups is 2. The normalized spacial score (nSPS) is 12.8. The second kappa shape index (κ2) is 13.6. The van der Waals surface area contributed by atoms with Crippen LogP contribution >= 0.6 is 15.9 Å². The Kier molecular flexibility index (Phi) is 10.5. The first kappa shape index (κ1) is 29.4. The van der Waals surface area contributed by atoms with E-state index in [1.165, 1.54) is 4.90 Å². The molecule has 3 aromatic rings. The number of nitrogens with zero attached hydrogens (tertiary/aromatic N) is 2. The van der Waals surface area contributed by atoms with Crippen LogP contribution in [-0.2, 0) is 32.6 Å². The lowest BCUT2D eigenvalue weighted by atomic mass is 10.0. The molecule has 0 saturated carbocycles. The molecule has 0 saturated heterocycles. The number of sulfonamides is 1. The fourth-order valence-electron chi connectivity index (χ4n) is 4.04. The van der Waals surface area contributed by atoms with Crippen LogP contribution in [0.2, 0.25) is 0 Å². The predicted molar refractivity (Wildman–Crippen MR) is 155 cm³/mol. The minimum atomic E-state index is -3.78.